The molecule has 28 heavy (non-hydrogen) atoms. The second-order valence-corrected chi connectivity index (χ2v) is 5.58. The predicted octanol–water partition coefficient (Wildman–Crippen LogP) is 4.17. The van der Waals surface area contributed by atoms with Gasteiger partial charge < -0.3 is 19.2 Å². The molecule has 2 aromatic carbocycles. The number of methoxy groups -OCH3 is 1. The second-order valence-electron chi connectivity index (χ2n) is 5.58. The largest absolute Gasteiger partial charge is 0.495 e. The van der Waals surface area contributed by atoms with E-state index in [0.717, 1.165) is 0 Å². The van der Waals surface area contributed by atoms with Crippen LogP contribution in [-0.4, -0.2) is 17.9 Å². The first-order valence-electron chi connectivity index (χ1n) is 8.07. The van der Waals surface area contributed by atoms with Gasteiger partial charge in [-0.3, -0.25) is 14.9 Å². The summed E-state index contributed by atoms with van der Waals surface area (Å²) >= 11 is 0. The molecule has 3 aromatic rings. The molecule has 1 amide bonds. The van der Waals surface area contributed by atoms with E-state index in [1.165, 1.54) is 49.6 Å². The van der Waals surface area contributed by atoms with E-state index in [4.69, 9.17) is 13.9 Å². The topological polar surface area (TPSA) is 104 Å². The van der Waals surface area contributed by atoms with Crippen LogP contribution >= 0.6 is 0 Å². The molecule has 0 saturated heterocycles. The number of carbonyl (C=O) groups is 1. The molecule has 1 N–H and O–H groups in total. The van der Waals surface area contributed by atoms with Crippen LogP contribution in [0.15, 0.2) is 59.0 Å². The van der Waals surface area contributed by atoms with Gasteiger partial charge in [0.25, 0.3) is 11.6 Å². The molecule has 0 bridgehead atoms. The number of nitro groups is 1. The zero-order chi connectivity index (χ0) is 20.1. The van der Waals surface area contributed by atoms with Crippen molar-refractivity contribution in [3.63, 3.8) is 0 Å². The van der Waals surface area contributed by atoms with Gasteiger partial charge in [0, 0.05) is 12.1 Å². The average molecular weight is 386 g/mol. The van der Waals surface area contributed by atoms with Gasteiger partial charge in [0.2, 0.25) is 0 Å². The van der Waals surface area contributed by atoms with Crippen molar-refractivity contribution in [2.45, 2.75) is 6.61 Å². The van der Waals surface area contributed by atoms with Crippen molar-refractivity contribution in [2.24, 2.45) is 0 Å². The van der Waals surface area contributed by atoms with Gasteiger partial charge in [0.15, 0.2) is 17.3 Å². The van der Waals surface area contributed by atoms with Crippen LogP contribution in [0.25, 0.3) is 0 Å². The lowest BCUT2D eigenvalue weighted by atomic mass is 10.2. The number of anilines is 1. The molecule has 0 aliphatic heterocycles. The molecule has 0 atom stereocenters. The van der Waals surface area contributed by atoms with Crippen molar-refractivity contribution >= 4 is 17.3 Å². The lowest BCUT2D eigenvalue weighted by molar-refractivity contribution is -0.384. The molecule has 8 nitrogen and oxygen atoms in total. The summed E-state index contributed by atoms with van der Waals surface area (Å²) in [6.07, 6.45) is 0. The van der Waals surface area contributed by atoms with Crippen molar-refractivity contribution < 1.29 is 28.0 Å². The molecular weight excluding hydrogens is 371 g/mol. The molecule has 0 radical (unpaired) electrons. The van der Waals surface area contributed by atoms with Crippen molar-refractivity contribution in [1.29, 1.82) is 0 Å². The Kier molecular flexibility index (Phi) is 5.54. The summed E-state index contributed by atoms with van der Waals surface area (Å²) in [5.74, 6) is -0.555. The maximum absolute atomic E-state index is 13.5. The van der Waals surface area contributed by atoms with E-state index in [1.54, 1.807) is 12.1 Å². The Labute approximate surface area is 158 Å². The normalized spacial score (nSPS) is 10.4. The minimum atomic E-state index is -0.629. The number of para-hydroxylation sites is 1. The van der Waals surface area contributed by atoms with Crippen LogP contribution < -0.4 is 14.8 Å². The lowest BCUT2D eigenvalue weighted by Crippen LogP contribution is -2.12. The number of ether oxygens (including phenoxy) is 2. The number of furan rings is 1. The van der Waals surface area contributed by atoms with Crippen LogP contribution in [-0.2, 0) is 6.61 Å². The molecule has 0 aliphatic carbocycles. The van der Waals surface area contributed by atoms with Crippen LogP contribution in [0.2, 0.25) is 0 Å². The summed E-state index contributed by atoms with van der Waals surface area (Å²) in [4.78, 5) is 22.7. The van der Waals surface area contributed by atoms with E-state index in [9.17, 15) is 19.3 Å². The molecular formula is C19H15FN2O6. The quantitative estimate of drug-likeness (QED) is 0.483. The van der Waals surface area contributed by atoms with Crippen molar-refractivity contribution in [1.82, 2.24) is 0 Å². The molecule has 1 aromatic heterocycles. The molecule has 1 heterocycles. The fourth-order valence-corrected chi connectivity index (χ4v) is 2.38. The number of nitrogens with one attached hydrogen (secondary N) is 1. The SMILES string of the molecule is COc1ccc([N+](=O)[O-])cc1NC(=O)c1ccc(COc2ccccc2F)o1. The fourth-order valence-electron chi connectivity index (χ4n) is 2.38. The summed E-state index contributed by atoms with van der Waals surface area (Å²) in [5.41, 5.74) is -0.0724. The van der Waals surface area contributed by atoms with Gasteiger partial charge >= 0.3 is 0 Å². The number of rotatable bonds is 7. The Bertz CT molecular complexity index is 1020. The molecule has 0 aliphatic rings. The molecule has 9 heteroatoms. The summed E-state index contributed by atoms with van der Waals surface area (Å²) in [6, 6.07) is 12.7. The number of hydrogen-bond acceptors (Lipinski definition) is 6. The van der Waals surface area contributed by atoms with Gasteiger partial charge in [-0.05, 0) is 30.3 Å². The van der Waals surface area contributed by atoms with E-state index < -0.39 is 16.6 Å². The summed E-state index contributed by atoms with van der Waals surface area (Å²) in [7, 11) is 1.38. The third kappa shape index (κ3) is 4.26. The minimum Gasteiger partial charge on any atom is -0.495 e. The molecule has 144 valence electrons. The maximum Gasteiger partial charge on any atom is 0.291 e. The molecule has 0 saturated carbocycles. The molecule has 0 unspecified atom stereocenters. The Morgan fingerprint density at radius 2 is 1.96 bits per heavy atom. The highest BCUT2D eigenvalue weighted by Crippen LogP contribution is 2.29. The van der Waals surface area contributed by atoms with Crippen molar-refractivity contribution in [3.8, 4) is 11.5 Å². The first kappa shape index (κ1) is 18.9. The fraction of sp³-hybridized carbons (Fsp3) is 0.105. The standard InChI is InChI=1S/C19H15FN2O6/c1-26-17-8-6-12(22(24)25)10-15(17)21-19(23)18-9-7-13(28-18)11-27-16-5-3-2-4-14(16)20/h2-10H,11H2,1H3,(H,21,23). The van der Waals surface area contributed by atoms with Crippen LogP contribution in [0.4, 0.5) is 15.8 Å². The van der Waals surface area contributed by atoms with Gasteiger partial charge in [-0.2, -0.15) is 0 Å². The summed E-state index contributed by atoms with van der Waals surface area (Å²) < 4.78 is 29.4. The highest BCUT2D eigenvalue weighted by atomic mass is 19.1. The monoisotopic (exact) mass is 386 g/mol. The summed E-state index contributed by atoms with van der Waals surface area (Å²) in [5, 5.41) is 13.4. The van der Waals surface area contributed by atoms with Gasteiger partial charge in [-0.25, -0.2) is 4.39 Å². The highest BCUT2D eigenvalue weighted by molar-refractivity contribution is 6.03. The highest BCUT2D eigenvalue weighted by Gasteiger charge is 2.17. The van der Waals surface area contributed by atoms with Crippen LogP contribution in [0, 0.1) is 15.9 Å². The minimum absolute atomic E-state index is 0.0410. The molecule has 0 spiro atoms. The van der Waals surface area contributed by atoms with Crippen LogP contribution in [0.3, 0.4) is 0 Å². The Morgan fingerprint density at radius 1 is 1.18 bits per heavy atom. The van der Waals surface area contributed by atoms with Crippen LogP contribution in [0.1, 0.15) is 16.3 Å². The number of hydrogen-bond donors (Lipinski definition) is 1. The van der Waals surface area contributed by atoms with E-state index in [2.05, 4.69) is 5.32 Å². The lowest BCUT2D eigenvalue weighted by Gasteiger charge is -2.09. The second kappa shape index (κ2) is 8.21. The van der Waals surface area contributed by atoms with E-state index in [-0.39, 0.29) is 35.2 Å². The summed E-state index contributed by atoms with van der Waals surface area (Å²) in [6.45, 7) is -0.0751. The van der Waals surface area contributed by atoms with Gasteiger partial charge in [0.05, 0.1) is 17.7 Å². The number of benzene rings is 2. The number of nitro benzene ring substituents is 1. The first-order chi connectivity index (χ1) is 13.5. The van der Waals surface area contributed by atoms with Crippen molar-refractivity contribution in [3.05, 3.63) is 82.0 Å². The van der Waals surface area contributed by atoms with E-state index in [1.807, 2.05) is 0 Å². The number of halogens is 1. The van der Waals surface area contributed by atoms with E-state index >= 15 is 0 Å². The Morgan fingerprint density at radius 3 is 2.68 bits per heavy atom. The van der Waals surface area contributed by atoms with E-state index in [0.29, 0.717) is 5.76 Å². The number of nitrogens with zero attached hydrogens (tertiary/aromatic N) is 1. The maximum atomic E-state index is 13.5. The Balaban J connectivity index is 1.70. The van der Waals surface area contributed by atoms with Crippen molar-refractivity contribution in [2.75, 3.05) is 12.4 Å². The number of amides is 1. The van der Waals surface area contributed by atoms with Gasteiger partial charge in [-0.1, -0.05) is 12.1 Å². The zero-order valence-corrected chi connectivity index (χ0v) is 14.7. The third-order valence-electron chi connectivity index (χ3n) is 3.73. The Hall–Kier alpha value is -3.88. The predicted molar refractivity (Wildman–Crippen MR) is 97.0 cm³/mol. The third-order valence-corrected chi connectivity index (χ3v) is 3.73. The van der Waals surface area contributed by atoms with Crippen LogP contribution in [0.5, 0.6) is 11.5 Å². The first-order valence-corrected chi connectivity index (χ1v) is 8.07. The molecule has 0 fully saturated rings. The average Bonchev–Trinajstić information content (AvgIpc) is 3.16. The smallest absolute Gasteiger partial charge is 0.291 e. The zero-order valence-electron chi connectivity index (χ0n) is 14.7. The molecule has 3 rings (SSSR count). The number of carbonyl (C=O) groups excluding carboxylic acids is 1. The number of non-ortho nitro benzene ring substituents is 1. The van der Waals surface area contributed by atoms with Gasteiger partial charge in [0.1, 0.15) is 18.1 Å². The van der Waals surface area contributed by atoms with Gasteiger partial charge in [-0.15, -0.1) is 0 Å².